The second kappa shape index (κ2) is 7.87. The van der Waals surface area contributed by atoms with Crippen molar-refractivity contribution in [3.63, 3.8) is 0 Å². The van der Waals surface area contributed by atoms with E-state index >= 15 is 0 Å². The zero-order valence-electron chi connectivity index (χ0n) is 11.8. The van der Waals surface area contributed by atoms with Crippen LogP contribution in [0.1, 0.15) is 26.7 Å². The summed E-state index contributed by atoms with van der Waals surface area (Å²) < 4.78 is 1.58. The minimum Gasteiger partial charge on any atom is -0.339 e. The lowest BCUT2D eigenvalue weighted by molar-refractivity contribution is -0.119. The van der Waals surface area contributed by atoms with E-state index in [1.165, 1.54) is 11.8 Å². The van der Waals surface area contributed by atoms with E-state index in [0.717, 1.165) is 0 Å². The molecule has 0 saturated heterocycles. The highest BCUT2D eigenvalue weighted by Crippen LogP contribution is 2.16. The monoisotopic (exact) mass is 296 g/mol. The van der Waals surface area contributed by atoms with Crippen molar-refractivity contribution in [2.75, 3.05) is 12.3 Å². The molecule has 0 aromatic carbocycles. The molecule has 1 aromatic rings. The SMILES string of the molecule is C#CC(CC)(CC)NC(=O)CSc1nnnn1CCN. The zero-order valence-corrected chi connectivity index (χ0v) is 12.6. The first-order valence-electron chi connectivity index (χ1n) is 6.48. The van der Waals surface area contributed by atoms with Crippen molar-refractivity contribution in [3.8, 4) is 12.3 Å². The number of nitrogens with two attached hydrogens (primary N) is 1. The van der Waals surface area contributed by atoms with Crippen LogP contribution in [0.4, 0.5) is 0 Å². The highest BCUT2D eigenvalue weighted by molar-refractivity contribution is 7.99. The van der Waals surface area contributed by atoms with Crippen LogP contribution >= 0.6 is 11.8 Å². The van der Waals surface area contributed by atoms with Crippen molar-refractivity contribution in [1.82, 2.24) is 25.5 Å². The van der Waals surface area contributed by atoms with E-state index in [1.807, 2.05) is 13.8 Å². The van der Waals surface area contributed by atoms with E-state index in [0.29, 0.717) is 31.1 Å². The average molecular weight is 296 g/mol. The summed E-state index contributed by atoms with van der Waals surface area (Å²) in [6.45, 7) is 4.88. The van der Waals surface area contributed by atoms with Crippen LogP contribution in [0.15, 0.2) is 5.16 Å². The van der Waals surface area contributed by atoms with Crippen LogP contribution in [-0.2, 0) is 11.3 Å². The van der Waals surface area contributed by atoms with Crippen LogP contribution in [0.5, 0.6) is 0 Å². The van der Waals surface area contributed by atoms with Gasteiger partial charge >= 0.3 is 0 Å². The third kappa shape index (κ3) is 4.21. The van der Waals surface area contributed by atoms with Crippen LogP contribution in [-0.4, -0.2) is 44.0 Å². The van der Waals surface area contributed by atoms with Gasteiger partial charge in [0.25, 0.3) is 0 Å². The van der Waals surface area contributed by atoms with Crippen molar-refractivity contribution in [3.05, 3.63) is 0 Å². The summed E-state index contributed by atoms with van der Waals surface area (Å²) in [6, 6.07) is 0. The molecular weight excluding hydrogens is 276 g/mol. The molecule has 0 unspecified atom stereocenters. The molecule has 1 heterocycles. The van der Waals surface area contributed by atoms with E-state index in [4.69, 9.17) is 12.2 Å². The normalized spacial score (nSPS) is 11.1. The van der Waals surface area contributed by atoms with Gasteiger partial charge in [-0.25, -0.2) is 4.68 Å². The van der Waals surface area contributed by atoms with Crippen molar-refractivity contribution >= 4 is 17.7 Å². The fourth-order valence-corrected chi connectivity index (χ4v) is 2.37. The molecule has 1 aromatic heterocycles. The number of amides is 1. The Kier molecular flexibility index (Phi) is 6.48. The Labute approximate surface area is 123 Å². The molecule has 3 N–H and O–H groups in total. The minimum atomic E-state index is -0.569. The summed E-state index contributed by atoms with van der Waals surface area (Å²) in [5.74, 6) is 2.76. The zero-order chi connectivity index (χ0) is 15.0. The first kappa shape index (κ1) is 16.5. The number of nitrogens with one attached hydrogen (secondary N) is 1. The number of nitrogens with zero attached hydrogens (tertiary/aromatic N) is 4. The fourth-order valence-electron chi connectivity index (χ4n) is 1.66. The standard InChI is InChI=1S/C12H20N6OS/c1-4-12(5-2,6-3)14-10(19)9-20-11-15-16-17-18(11)8-7-13/h1H,5-9,13H2,2-3H3,(H,14,19). The van der Waals surface area contributed by atoms with Crippen LogP contribution in [0, 0.1) is 12.3 Å². The molecule has 0 atom stereocenters. The third-order valence-electron chi connectivity index (χ3n) is 3.03. The maximum absolute atomic E-state index is 12.0. The molecule has 0 spiro atoms. The highest BCUT2D eigenvalue weighted by Gasteiger charge is 2.25. The minimum absolute atomic E-state index is 0.126. The molecule has 1 rings (SSSR count). The van der Waals surface area contributed by atoms with Crippen molar-refractivity contribution in [1.29, 1.82) is 0 Å². The average Bonchev–Trinajstić information content (AvgIpc) is 2.90. The van der Waals surface area contributed by atoms with Crippen LogP contribution < -0.4 is 11.1 Å². The second-order valence-corrected chi connectivity index (χ2v) is 5.19. The topological polar surface area (TPSA) is 98.7 Å². The molecule has 7 nitrogen and oxygen atoms in total. The number of aromatic nitrogens is 4. The van der Waals surface area contributed by atoms with Gasteiger partial charge in [-0.05, 0) is 23.3 Å². The fraction of sp³-hybridized carbons (Fsp3) is 0.667. The van der Waals surface area contributed by atoms with Gasteiger partial charge in [0.2, 0.25) is 11.1 Å². The predicted octanol–water partition coefficient (Wildman–Crippen LogP) is 0.0321. The van der Waals surface area contributed by atoms with Crippen LogP contribution in [0.3, 0.4) is 0 Å². The number of tetrazole rings is 1. The molecule has 0 fully saturated rings. The Bertz CT molecular complexity index is 477. The van der Waals surface area contributed by atoms with Gasteiger partial charge in [0.1, 0.15) is 5.54 Å². The molecule has 0 aliphatic heterocycles. The van der Waals surface area contributed by atoms with Gasteiger partial charge in [-0.15, -0.1) is 11.5 Å². The van der Waals surface area contributed by atoms with Gasteiger partial charge in [-0.2, -0.15) is 0 Å². The maximum atomic E-state index is 12.0. The van der Waals surface area contributed by atoms with Gasteiger partial charge in [0.05, 0.1) is 12.3 Å². The lowest BCUT2D eigenvalue weighted by Gasteiger charge is -2.26. The summed E-state index contributed by atoms with van der Waals surface area (Å²) in [5.41, 5.74) is 4.89. The molecular formula is C12H20N6OS. The lowest BCUT2D eigenvalue weighted by atomic mass is 9.94. The number of carbonyl (C=O) groups excluding carboxylic acids is 1. The molecule has 0 saturated carbocycles. The number of hydrogen-bond donors (Lipinski definition) is 2. The number of carbonyl (C=O) groups is 1. The number of hydrogen-bond acceptors (Lipinski definition) is 6. The quantitative estimate of drug-likeness (QED) is 0.519. The predicted molar refractivity (Wildman–Crippen MR) is 77.9 cm³/mol. The molecule has 0 radical (unpaired) electrons. The first-order valence-corrected chi connectivity index (χ1v) is 7.47. The van der Waals surface area contributed by atoms with Gasteiger partial charge in [-0.1, -0.05) is 31.5 Å². The van der Waals surface area contributed by atoms with Gasteiger partial charge in [0, 0.05) is 6.54 Å². The molecule has 1 amide bonds. The Balaban J connectivity index is 2.55. The Morgan fingerprint density at radius 2 is 2.25 bits per heavy atom. The van der Waals surface area contributed by atoms with Crippen molar-refractivity contribution in [2.24, 2.45) is 5.73 Å². The summed E-state index contributed by atoms with van der Waals surface area (Å²) >= 11 is 1.26. The van der Waals surface area contributed by atoms with Gasteiger partial charge in [-0.3, -0.25) is 4.79 Å². The van der Waals surface area contributed by atoms with Gasteiger partial charge in [0.15, 0.2) is 0 Å². The summed E-state index contributed by atoms with van der Waals surface area (Å²) in [6.07, 6.45) is 6.90. The third-order valence-corrected chi connectivity index (χ3v) is 3.99. The largest absolute Gasteiger partial charge is 0.339 e. The number of thioether (sulfide) groups is 1. The first-order chi connectivity index (χ1) is 9.60. The Morgan fingerprint density at radius 1 is 1.55 bits per heavy atom. The van der Waals surface area contributed by atoms with E-state index in [2.05, 4.69) is 26.8 Å². The van der Waals surface area contributed by atoms with Crippen molar-refractivity contribution in [2.45, 2.75) is 43.9 Å². The van der Waals surface area contributed by atoms with E-state index < -0.39 is 5.54 Å². The molecule has 0 aliphatic carbocycles. The molecule has 20 heavy (non-hydrogen) atoms. The molecule has 0 aliphatic rings. The lowest BCUT2D eigenvalue weighted by Crippen LogP contribution is -2.47. The summed E-state index contributed by atoms with van der Waals surface area (Å²) in [7, 11) is 0. The summed E-state index contributed by atoms with van der Waals surface area (Å²) in [4.78, 5) is 12.0. The van der Waals surface area contributed by atoms with Crippen molar-refractivity contribution < 1.29 is 4.79 Å². The molecule has 110 valence electrons. The Morgan fingerprint density at radius 3 is 2.80 bits per heavy atom. The molecule has 8 heteroatoms. The number of terminal acetylenes is 1. The van der Waals surface area contributed by atoms with E-state index in [-0.39, 0.29) is 11.7 Å². The highest BCUT2D eigenvalue weighted by atomic mass is 32.2. The van der Waals surface area contributed by atoms with E-state index in [9.17, 15) is 4.79 Å². The summed E-state index contributed by atoms with van der Waals surface area (Å²) in [5, 5.41) is 14.7. The smallest absolute Gasteiger partial charge is 0.231 e. The molecule has 0 bridgehead atoms. The van der Waals surface area contributed by atoms with Gasteiger partial charge < -0.3 is 11.1 Å². The number of rotatable bonds is 8. The maximum Gasteiger partial charge on any atom is 0.231 e. The second-order valence-electron chi connectivity index (χ2n) is 4.24. The van der Waals surface area contributed by atoms with E-state index in [1.54, 1.807) is 4.68 Å². The van der Waals surface area contributed by atoms with Crippen LogP contribution in [0.2, 0.25) is 0 Å². The van der Waals surface area contributed by atoms with Crippen LogP contribution in [0.25, 0.3) is 0 Å². The Hall–Kier alpha value is -1.59.